The normalized spacial score (nSPS) is 11.4. The first-order chi connectivity index (χ1) is 15.4. The number of nitrogens with one attached hydrogen (secondary N) is 3. The maximum absolute atomic E-state index is 12.9. The minimum atomic E-state index is -0.960. The fourth-order valence-electron chi connectivity index (χ4n) is 3.08. The van der Waals surface area contributed by atoms with Gasteiger partial charge in [-0.2, -0.15) is 5.10 Å². The van der Waals surface area contributed by atoms with E-state index < -0.39 is 5.97 Å². The molecule has 168 valence electrons. The van der Waals surface area contributed by atoms with Crippen molar-refractivity contribution in [3.63, 3.8) is 0 Å². The van der Waals surface area contributed by atoms with E-state index in [0.717, 1.165) is 11.2 Å². The molecule has 11 heteroatoms. The van der Waals surface area contributed by atoms with Crippen molar-refractivity contribution in [2.75, 3.05) is 7.05 Å². The van der Waals surface area contributed by atoms with Gasteiger partial charge in [0.25, 0.3) is 5.91 Å². The summed E-state index contributed by atoms with van der Waals surface area (Å²) in [5, 5.41) is 22.8. The Morgan fingerprint density at radius 1 is 1.34 bits per heavy atom. The second kappa shape index (κ2) is 10.5. The second-order valence-corrected chi connectivity index (χ2v) is 7.32. The number of aliphatic carboxylic acids is 1. The average Bonchev–Trinajstić information content (AvgIpc) is 3.36. The highest BCUT2D eigenvalue weighted by Crippen LogP contribution is 2.16. The first-order valence-electron chi connectivity index (χ1n) is 9.82. The number of imidazole rings is 1. The summed E-state index contributed by atoms with van der Waals surface area (Å²) in [6, 6.07) is 3.52. The molecule has 3 aromatic rings. The Hall–Kier alpha value is -3.79. The third kappa shape index (κ3) is 5.67. The van der Waals surface area contributed by atoms with Gasteiger partial charge in [-0.05, 0) is 18.3 Å². The number of rotatable bonds is 11. The van der Waals surface area contributed by atoms with E-state index in [-0.39, 0.29) is 25.3 Å². The molecule has 1 amide bonds. The summed E-state index contributed by atoms with van der Waals surface area (Å²) in [7, 11) is 1.76. The number of allylic oxidation sites excluding steroid dienone is 1. The maximum Gasteiger partial charge on any atom is 0.303 e. The van der Waals surface area contributed by atoms with E-state index in [1.165, 1.54) is 6.20 Å². The fourth-order valence-corrected chi connectivity index (χ4v) is 3.24. The van der Waals surface area contributed by atoms with Crippen molar-refractivity contribution in [1.82, 2.24) is 35.1 Å². The molecule has 0 aliphatic heterocycles. The lowest BCUT2D eigenvalue weighted by Crippen LogP contribution is -2.24. The summed E-state index contributed by atoms with van der Waals surface area (Å²) < 4.78 is 3.40. The zero-order chi connectivity index (χ0) is 23.1. The van der Waals surface area contributed by atoms with E-state index in [9.17, 15) is 9.59 Å². The summed E-state index contributed by atoms with van der Waals surface area (Å²) in [5.74, 6) is -1.32. The third-order valence-electron chi connectivity index (χ3n) is 4.68. The quantitative estimate of drug-likeness (QED) is 0.346. The van der Waals surface area contributed by atoms with E-state index >= 15 is 0 Å². The molecule has 32 heavy (non-hydrogen) atoms. The van der Waals surface area contributed by atoms with E-state index in [0.29, 0.717) is 28.5 Å². The van der Waals surface area contributed by atoms with E-state index in [2.05, 4.69) is 32.6 Å². The standard InChI is InChI=1S/C21H24ClN7O3/c1-3-24-9-15(23-2)11-29-12-16(17(27-29)4-5-20(30)31)21(32)25-10-18-19-8-14(22)6-7-28(19)13-26-18/h3,6-9,12-13,23-24H,1,4-5,10-11H2,2H3,(H,25,32)(H,30,31)/b15-9-. The molecule has 10 nitrogen and oxygen atoms in total. The molecular formula is C21H24ClN7O3. The number of hydrogen-bond donors (Lipinski definition) is 4. The average molecular weight is 458 g/mol. The Balaban J connectivity index is 1.79. The summed E-state index contributed by atoms with van der Waals surface area (Å²) in [6.45, 7) is 4.13. The molecule has 0 saturated heterocycles. The van der Waals surface area contributed by atoms with Crippen molar-refractivity contribution in [3.05, 3.63) is 77.5 Å². The Bertz CT molecular complexity index is 1170. The van der Waals surface area contributed by atoms with Gasteiger partial charge in [-0.25, -0.2) is 4.98 Å². The molecule has 0 aliphatic carbocycles. The van der Waals surface area contributed by atoms with Crippen molar-refractivity contribution in [3.8, 4) is 0 Å². The minimum absolute atomic E-state index is 0.131. The lowest BCUT2D eigenvalue weighted by Gasteiger charge is -2.07. The predicted octanol–water partition coefficient (Wildman–Crippen LogP) is 1.93. The Morgan fingerprint density at radius 2 is 2.16 bits per heavy atom. The van der Waals surface area contributed by atoms with Crippen LogP contribution in [0.15, 0.2) is 55.5 Å². The molecule has 0 radical (unpaired) electrons. The molecule has 0 saturated carbocycles. The van der Waals surface area contributed by atoms with Crippen LogP contribution in [-0.2, 0) is 24.3 Å². The first-order valence-corrected chi connectivity index (χ1v) is 10.2. The summed E-state index contributed by atoms with van der Waals surface area (Å²) in [5.41, 5.74) is 2.98. The fraction of sp³-hybridized carbons (Fsp3) is 0.238. The van der Waals surface area contributed by atoms with Crippen molar-refractivity contribution in [2.24, 2.45) is 0 Å². The summed E-state index contributed by atoms with van der Waals surface area (Å²) in [4.78, 5) is 28.3. The molecule has 0 aliphatic rings. The molecule has 0 spiro atoms. The number of fused-ring (bicyclic) bond motifs is 1. The van der Waals surface area contributed by atoms with Gasteiger partial charge in [-0.1, -0.05) is 18.2 Å². The molecular weight excluding hydrogens is 434 g/mol. The van der Waals surface area contributed by atoms with Crippen molar-refractivity contribution < 1.29 is 14.7 Å². The maximum atomic E-state index is 12.9. The van der Waals surface area contributed by atoms with Crippen LogP contribution in [0.5, 0.6) is 0 Å². The van der Waals surface area contributed by atoms with E-state index in [1.54, 1.807) is 48.8 Å². The topological polar surface area (TPSA) is 126 Å². The highest BCUT2D eigenvalue weighted by atomic mass is 35.5. The van der Waals surface area contributed by atoms with Gasteiger partial charge < -0.3 is 25.5 Å². The number of hydrogen-bond acceptors (Lipinski definition) is 6. The van der Waals surface area contributed by atoms with Crippen LogP contribution in [0.2, 0.25) is 5.02 Å². The van der Waals surface area contributed by atoms with E-state index in [1.807, 2.05) is 4.40 Å². The highest BCUT2D eigenvalue weighted by Gasteiger charge is 2.18. The van der Waals surface area contributed by atoms with Gasteiger partial charge in [-0.3, -0.25) is 14.3 Å². The van der Waals surface area contributed by atoms with Crippen molar-refractivity contribution in [2.45, 2.75) is 25.9 Å². The smallest absolute Gasteiger partial charge is 0.303 e. The van der Waals surface area contributed by atoms with Gasteiger partial charge in [0.05, 0.1) is 48.3 Å². The molecule has 4 N–H and O–H groups in total. The summed E-state index contributed by atoms with van der Waals surface area (Å²) >= 11 is 6.07. The van der Waals surface area contributed by atoms with Crippen LogP contribution < -0.4 is 16.0 Å². The SMILES string of the molecule is C=CN/C=C(/Cn1cc(C(=O)NCc2ncn3ccc(Cl)cc23)c(CCC(=O)O)n1)NC. The molecule has 0 bridgehead atoms. The van der Waals surface area contributed by atoms with Crippen molar-refractivity contribution >= 4 is 29.0 Å². The zero-order valence-electron chi connectivity index (χ0n) is 17.5. The van der Waals surface area contributed by atoms with E-state index in [4.69, 9.17) is 16.7 Å². The van der Waals surface area contributed by atoms with Crippen LogP contribution in [0.4, 0.5) is 0 Å². The third-order valence-corrected chi connectivity index (χ3v) is 4.92. The van der Waals surface area contributed by atoms with Gasteiger partial charge in [0, 0.05) is 42.8 Å². The monoisotopic (exact) mass is 457 g/mol. The molecule has 3 aromatic heterocycles. The zero-order valence-corrected chi connectivity index (χ0v) is 18.3. The molecule has 0 unspecified atom stereocenters. The van der Waals surface area contributed by atoms with Crippen LogP contribution in [0.25, 0.3) is 5.52 Å². The minimum Gasteiger partial charge on any atom is -0.481 e. The van der Waals surface area contributed by atoms with Crippen LogP contribution in [-0.4, -0.2) is 43.2 Å². The number of nitrogens with zero attached hydrogens (tertiary/aromatic N) is 4. The highest BCUT2D eigenvalue weighted by molar-refractivity contribution is 6.30. The van der Waals surface area contributed by atoms with Crippen LogP contribution in [0, 0.1) is 0 Å². The lowest BCUT2D eigenvalue weighted by atomic mass is 10.1. The number of halogens is 1. The molecule has 3 rings (SSSR count). The first kappa shape index (κ1) is 22.9. The number of carboxylic acids is 1. The number of carbonyl (C=O) groups is 2. The Morgan fingerprint density at radius 3 is 2.88 bits per heavy atom. The van der Waals surface area contributed by atoms with Crippen LogP contribution in [0.1, 0.15) is 28.2 Å². The van der Waals surface area contributed by atoms with Gasteiger partial charge >= 0.3 is 5.97 Å². The largest absolute Gasteiger partial charge is 0.481 e. The second-order valence-electron chi connectivity index (χ2n) is 6.88. The number of pyridine rings is 1. The lowest BCUT2D eigenvalue weighted by molar-refractivity contribution is -0.136. The van der Waals surface area contributed by atoms with Gasteiger partial charge in [-0.15, -0.1) is 0 Å². The molecule has 0 atom stereocenters. The molecule has 0 fully saturated rings. The number of aryl methyl sites for hydroxylation is 1. The molecule has 0 aromatic carbocycles. The molecule has 3 heterocycles. The number of carboxylic acid groups (broad SMARTS) is 1. The van der Waals surface area contributed by atoms with Crippen molar-refractivity contribution in [1.29, 1.82) is 0 Å². The number of aromatic nitrogens is 4. The Labute approximate surface area is 189 Å². The number of amides is 1. The van der Waals surface area contributed by atoms with Crippen LogP contribution >= 0.6 is 11.6 Å². The predicted molar refractivity (Wildman–Crippen MR) is 120 cm³/mol. The Kier molecular flexibility index (Phi) is 7.50. The van der Waals surface area contributed by atoms with Crippen LogP contribution in [0.3, 0.4) is 0 Å². The van der Waals surface area contributed by atoms with Gasteiger partial charge in [0.15, 0.2) is 0 Å². The van der Waals surface area contributed by atoms with Gasteiger partial charge in [0.2, 0.25) is 0 Å². The summed E-state index contributed by atoms with van der Waals surface area (Å²) in [6.07, 6.45) is 8.30. The number of carbonyl (C=O) groups excluding carboxylic acids is 1. The number of likely N-dealkylation sites (N-methyl/N-ethyl adjacent to an activating group) is 1. The van der Waals surface area contributed by atoms with Gasteiger partial charge in [0.1, 0.15) is 0 Å².